The van der Waals surface area contributed by atoms with E-state index in [0.29, 0.717) is 10.7 Å². The molecular weight excluding hydrogens is 445 g/mol. The minimum Gasteiger partial charge on any atom is -0.300 e. The van der Waals surface area contributed by atoms with Crippen LogP contribution in [0.1, 0.15) is 5.56 Å². The molecule has 5 aromatic rings. The molecule has 0 spiro atoms. The number of aromatic nitrogens is 4. The van der Waals surface area contributed by atoms with Gasteiger partial charge in [0.1, 0.15) is 12.4 Å². The smallest absolute Gasteiger partial charge is 0.300 e. The fraction of sp³-hybridized carbons (Fsp3) is 0.0870. The number of amides is 1. The highest BCUT2D eigenvalue weighted by atomic mass is 32.1. The topological polar surface area (TPSA) is 98.9 Å². The number of benzene rings is 2. The van der Waals surface area contributed by atoms with Crippen LogP contribution in [-0.2, 0) is 17.9 Å². The third-order valence-corrected chi connectivity index (χ3v) is 6.03. The quantitative estimate of drug-likeness (QED) is 0.434. The molecule has 0 aliphatic rings. The van der Waals surface area contributed by atoms with E-state index in [1.807, 2.05) is 24.3 Å². The average molecular weight is 461 g/mol. The number of carbonyl (C=O) groups is 1. The minimum atomic E-state index is -0.663. The van der Waals surface area contributed by atoms with Crippen molar-refractivity contribution in [2.45, 2.75) is 13.1 Å². The lowest BCUT2D eigenvalue weighted by Gasteiger charge is -2.13. The summed E-state index contributed by atoms with van der Waals surface area (Å²) in [5.41, 5.74) is 0.398. The van der Waals surface area contributed by atoms with Gasteiger partial charge in [0.2, 0.25) is 5.91 Å². The van der Waals surface area contributed by atoms with Crippen molar-refractivity contribution in [2.75, 3.05) is 5.32 Å². The molecule has 0 fully saturated rings. The van der Waals surface area contributed by atoms with E-state index >= 15 is 0 Å². The molecule has 0 bridgehead atoms. The van der Waals surface area contributed by atoms with Gasteiger partial charge in [0.15, 0.2) is 10.6 Å². The van der Waals surface area contributed by atoms with Crippen LogP contribution in [0.25, 0.3) is 21.3 Å². The molecule has 0 radical (unpaired) electrons. The summed E-state index contributed by atoms with van der Waals surface area (Å²) in [4.78, 5) is 47.5. The number of rotatable bonds is 5. The molecule has 5 rings (SSSR count). The summed E-state index contributed by atoms with van der Waals surface area (Å²) in [6.07, 6.45) is 1.45. The zero-order valence-electron chi connectivity index (χ0n) is 17.1. The van der Waals surface area contributed by atoms with E-state index in [1.165, 1.54) is 46.4 Å². The lowest BCUT2D eigenvalue weighted by molar-refractivity contribution is -0.116. The predicted octanol–water partition coefficient (Wildman–Crippen LogP) is 2.99. The van der Waals surface area contributed by atoms with Gasteiger partial charge in [0, 0.05) is 6.20 Å². The summed E-state index contributed by atoms with van der Waals surface area (Å²) < 4.78 is 16.4. The Morgan fingerprint density at radius 2 is 1.79 bits per heavy atom. The largest absolute Gasteiger partial charge is 0.332 e. The Morgan fingerprint density at radius 1 is 1.00 bits per heavy atom. The molecule has 0 saturated heterocycles. The molecule has 164 valence electrons. The van der Waals surface area contributed by atoms with Crippen LogP contribution in [0.3, 0.4) is 0 Å². The van der Waals surface area contributed by atoms with E-state index in [1.54, 1.807) is 12.1 Å². The van der Waals surface area contributed by atoms with E-state index in [4.69, 9.17) is 0 Å². The van der Waals surface area contributed by atoms with Crippen molar-refractivity contribution < 1.29 is 9.18 Å². The van der Waals surface area contributed by atoms with Gasteiger partial charge in [0.25, 0.3) is 5.56 Å². The Kier molecular flexibility index (Phi) is 5.27. The zero-order valence-corrected chi connectivity index (χ0v) is 17.9. The molecule has 3 aromatic heterocycles. The van der Waals surface area contributed by atoms with E-state index in [0.717, 1.165) is 14.8 Å². The van der Waals surface area contributed by atoms with Gasteiger partial charge >= 0.3 is 5.69 Å². The molecule has 1 amide bonds. The van der Waals surface area contributed by atoms with Crippen molar-refractivity contribution in [3.8, 4) is 0 Å². The number of thiazole rings is 1. The van der Waals surface area contributed by atoms with Gasteiger partial charge in [0.05, 0.1) is 22.3 Å². The Bertz CT molecular complexity index is 1590. The highest BCUT2D eigenvalue weighted by Gasteiger charge is 2.17. The standard InChI is InChI=1S/C23H16FN5O3S/c24-15-9-7-14(8-10-15)12-29-21(31)20-17(5-3-11-25-20)28(23(29)32)13-19(30)27-22-26-16-4-1-2-6-18(16)33-22/h1-11H,12-13H2,(H,26,27,30). The molecule has 0 saturated carbocycles. The lowest BCUT2D eigenvalue weighted by atomic mass is 10.2. The molecule has 0 unspecified atom stereocenters. The molecule has 3 heterocycles. The molecule has 8 nitrogen and oxygen atoms in total. The number of hydrogen-bond donors (Lipinski definition) is 1. The minimum absolute atomic E-state index is 0.0620. The van der Waals surface area contributed by atoms with Crippen LogP contribution in [0, 0.1) is 5.82 Å². The molecule has 10 heteroatoms. The first-order valence-corrected chi connectivity index (χ1v) is 10.8. The van der Waals surface area contributed by atoms with Crippen molar-refractivity contribution >= 4 is 43.6 Å². The Morgan fingerprint density at radius 3 is 2.58 bits per heavy atom. The van der Waals surface area contributed by atoms with Crippen molar-refractivity contribution in [2.24, 2.45) is 0 Å². The van der Waals surface area contributed by atoms with Gasteiger partial charge in [-0.15, -0.1) is 0 Å². The molecule has 0 aliphatic heterocycles. The van der Waals surface area contributed by atoms with Crippen LogP contribution < -0.4 is 16.6 Å². The molecule has 0 atom stereocenters. The maximum absolute atomic E-state index is 13.3. The van der Waals surface area contributed by atoms with Crippen molar-refractivity contribution in [3.63, 3.8) is 0 Å². The van der Waals surface area contributed by atoms with Gasteiger partial charge in [-0.3, -0.25) is 18.7 Å². The number of carbonyl (C=O) groups excluding carboxylic acids is 1. The number of para-hydroxylation sites is 1. The van der Waals surface area contributed by atoms with Crippen molar-refractivity contribution in [1.82, 2.24) is 19.1 Å². The third-order valence-electron chi connectivity index (χ3n) is 5.08. The van der Waals surface area contributed by atoms with Crippen LogP contribution in [-0.4, -0.2) is 25.0 Å². The summed E-state index contributed by atoms with van der Waals surface area (Å²) in [7, 11) is 0. The van der Waals surface area contributed by atoms with E-state index in [-0.39, 0.29) is 24.1 Å². The summed E-state index contributed by atoms with van der Waals surface area (Å²) in [5, 5.41) is 3.13. The Labute approximate surface area is 189 Å². The normalized spacial score (nSPS) is 11.2. The van der Waals surface area contributed by atoms with Gasteiger partial charge in [-0.1, -0.05) is 35.6 Å². The first-order chi connectivity index (χ1) is 16.0. The van der Waals surface area contributed by atoms with Crippen LogP contribution in [0.15, 0.2) is 76.4 Å². The van der Waals surface area contributed by atoms with Gasteiger partial charge in [-0.05, 0) is 42.0 Å². The highest BCUT2D eigenvalue weighted by molar-refractivity contribution is 7.22. The van der Waals surface area contributed by atoms with E-state index in [9.17, 15) is 18.8 Å². The molecule has 33 heavy (non-hydrogen) atoms. The maximum Gasteiger partial charge on any atom is 0.332 e. The monoisotopic (exact) mass is 461 g/mol. The third kappa shape index (κ3) is 4.03. The van der Waals surface area contributed by atoms with Crippen LogP contribution in [0.5, 0.6) is 0 Å². The number of hydrogen-bond acceptors (Lipinski definition) is 6. The predicted molar refractivity (Wildman–Crippen MR) is 124 cm³/mol. The second kappa shape index (κ2) is 8.40. The van der Waals surface area contributed by atoms with E-state index < -0.39 is 23.0 Å². The SMILES string of the molecule is O=C(Cn1c(=O)n(Cc2ccc(F)cc2)c(=O)c2ncccc21)Nc1nc2ccccc2s1. The fourth-order valence-corrected chi connectivity index (χ4v) is 4.42. The number of anilines is 1. The fourth-order valence-electron chi connectivity index (χ4n) is 3.54. The number of pyridine rings is 1. The Balaban J connectivity index is 1.52. The first kappa shape index (κ1) is 20.7. The zero-order chi connectivity index (χ0) is 22.9. The second-order valence-corrected chi connectivity index (χ2v) is 8.32. The van der Waals surface area contributed by atoms with Crippen LogP contribution in [0.4, 0.5) is 9.52 Å². The summed E-state index contributed by atoms with van der Waals surface area (Å²) >= 11 is 1.32. The average Bonchev–Trinajstić information content (AvgIpc) is 3.23. The molecule has 0 aliphatic carbocycles. The Hall–Kier alpha value is -4.18. The van der Waals surface area contributed by atoms with Gasteiger partial charge in [-0.25, -0.2) is 19.2 Å². The second-order valence-electron chi connectivity index (χ2n) is 7.29. The van der Waals surface area contributed by atoms with E-state index in [2.05, 4.69) is 15.3 Å². The van der Waals surface area contributed by atoms with Gasteiger partial charge < -0.3 is 5.32 Å². The van der Waals surface area contributed by atoms with Crippen LogP contribution in [0.2, 0.25) is 0 Å². The maximum atomic E-state index is 13.3. The highest BCUT2D eigenvalue weighted by Crippen LogP contribution is 2.25. The number of nitrogens with one attached hydrogen (secondary N) is 1. The molecule has 2 aromatic carbocycles. The molecular formula is C23H16FN5O3S. The lowest BCUT2D eigenvalue weighted by Crippen LogP contribution is -2.42. The van der Waals surface area contributed by atoms with Crippen molar-refractivity contribution in [1.29, 1.82) is 0 Å². The summed E-state index contributed by atoms with van der Waals surface area (Å²) in [6, 6.07) is 16.1. The molecule has 1 N–H and O–H groups in total. The number of halogens is 1. The number of nitrogens with zero attached hydrogens (tertiary/aromatic N) is 4. The van der Waals surface area contributed by atoms with Crippen molar-refractivity contribution in [3.05, 3.63) is 99.1 Å². The summed E-state index contributed by atoms with van der Waals surface area (Å²) in [6.45, 7) is -0.412. The van der Waals surface area contributed by atoms with Gasteiger partial charge in [-0.2, -0.15) is 0 Å². The first-order valence-electron chi connectivity index (χ1n) is 9.98. The number of fused-ring (bicyclic) bond motifs is 2. The summed E-state index contributed by atoms with van der Waals surface area (Å²) in [5.74, 6) is -0.886. The van der Waals surface area contributed by atoms with Crippen LogP contribution >= 0.6 is 11.3 Å².